The molecule has 31 heavy (non-hydrogen) atoms. The van der Waals surface area contributed by atoms with Crippen molar-refractivity contribution in [2.45, 2.75) is 44.7 Å². The SMILES string of the molecule is CCCC(CCNc1nc(-n2ccnc2)ns1)(CC1=COCO1)NCc1ccccc1. The number of benzene rings is 1. The van der Waals surface area contributed by atoms with Crippen molar-refractivity contribution < 1.29 is 9.47 Å². The molecule has 2 N–H and O–H groups in total. The standard InChI is InChI=1S/C22H28N6O2S/c1-2-8-22(13-19-15-29-17-30-19,25-14-18-6-4-3-5-7-18)9-10-24-21-26-20(27-31-21)28-12-11-23-16-28/h3-7,11-12,15-16,25H,2,8-10,13-14,17H2,1H3,(H,24,26,27). The molecular formula is C22H28N6O2S. The van der Waals surface area contributed by atoms with Crippen LogP contribution in [0, 0.1) is 0 Å². The minimum atomic E-state index is -0.116. The Labute approximate surface area is 186 Å². The molecule has 164 valence electrons. The fourth-order valence-corrected chi connectivity index (χ4v) is 4.37. The van der Waals surface area contributed by atoms with E-state index >= 15 is 0 Å². The fourth-order valence-electron chi connectivity index (χ4n) is 3.78. The predicted molar refractivity (Wildman–Crippen MR) is 121 cm³/mol. The zero-order valence-corrected chi connectivity index (χ0v) is 18.5. The van der Waals surface area contributed by atoms with Gasteiger partial charge in [0.2, 0.25) is 17.9 Å². The van der Waals surface area contributed by atoms with Crippen LogP contribution in [0.5, 0.6) is 0 Å². The van der Waals surface area contributed by atoms with E-state index in [1.165, 1.54) is 17.1 Å². The molecular weight excluding hydrogens is 412 g/mol. The molecule has 0 aliphatic carbocycles. The van der Waals surface area contributed by atoms with Gasteiger partial charge >= 0.3 is 0 Å². The average Bonchev–Trinajstić information content (AvgIpc) is 3.56. The molecule has 1 aliphatic rings. The second-order valence-corrected chi connectivity index (χ2v) is 8.36. The summed E-state index contributed by atoms with van der Waals surface area (Å²) in [6.45, 7) is 4.10. The van der Waals surface area contributed by atoms with Gasteiger partial charge in [-0.15, -0.1) is 0 Å². The minimum absolute atomic E-state index is 0.116. The lowest BCUT2D eigenvalue weighted by molar-refractivity contribution is 0.0716. The number of hydrogen-bond acceptors (Lipinski definition) is 8. The van der Waals surface area contributed by atoms with Crippen LogP contribution < -0.4 is 10.6 Å². The third-order valence-electron chi connectivity index (χ3n) is 5.31. The number of ether oxygens (including phenoxy) is 2. The molecule has 0 spiro atoms. The van der Waals surface area contributed by atoms with Gasteiger partial charge in [-0.05, 0) is 18.4 Å². The van der Waals surface area contributed by atoms with Crippen LogP contribution in [0.3, 0.4) is 0 Å². The maximum atomic E-state index is 5.67. The summed E-state index contributed by atoms with van der Waals surface area (Å²) in [7, 11) is 0. The summed E-state index contributed by atoms with van der Waals surface area (Å²) in [6, 6.07) is 10.5. The number of hydrogen-bond donors (Lipinski definition) is 2. The number of nitrogens with zero attached hydrogens (tertiary/aromatic N) is 4. The first-order chi connectivity index (χ1) is 15.3. The van der Waals surface area contributed by atoms with Crippen LogP contribution in [0.25, 0.3) is 5.95 Å². The highest BCUT2D eigenvalue weighted by Crippen LogP contribution is 2.29. The van der Waals surface area contributed by atoms with Crippen LogP contribution in [0.1, 0.15) is 38.2 Å². The Kier molecular flexibility index (Phi) is 7.16. The van der Waals surface area contributed by atoms with Gasteiger partial charge in [0.05, 0.1) is 0 Å². The molecule has 0 amide bonds. The fraction of sp³-hybridized carbons (Fsp3) is 0.409. The third kappa shape index (κ3) is 5.83. The van der Waals surface area contributed by atoms with Crippen molar-refractivity contribution >= 4 is 16.7 Å². The van der Waals surface area contributed by atoms with Crippen molar-refractivity contribution in [1.29, 1.82) is 0 Å². The molecule has 0 radical (unpaired) electrons. The summed E-state index contributed by atoms with van der Waals surface area (Å²) in [5.74, 6) is 1.53. The number of nitrogens with one attached hydrogen (secondary N) is 2. The first-order valence-corrected chi connectivity index (χ1v) is 11.3. The van der Waals surface area contributed by atoms with E-state index in [2.05, 4.69) is 56.2 Å². The van der Waals surface area contributed by atoms with Gasteiger partial charge in [-0.1, -0.05) is 43.7 Å². The van der Waals surface area contributed by atoms with Crippen molar-refractivity contribution in [3.8, 4) is 5.95 Å². The van der Waals surface area contributed by atoms with E-state index in [-0.39, 0.29) is 5.54 Å². The smallest absolute Gasteiger partial charge is 0.248 e. The van der Waals surface area contributed by atoms with Gasteiger partial charge < -0.3 is 20.1 Å². The average molecular weight is 441 g/mol. The van der Waals surface area contributed by atoms with Gasteiger partial charge in [0.1, 0.15) is 18.3 Å². The Balaban J connectivity index is 1.42. The van der Waals surface area contributed by atoms with E-state index in [1.807, 2.05) is 12.3 Å². The lowest BCUT2D eigenvalue weighted by Gasteiger charge is -2.35. The molecule has 3 aromatic rings. The Bertz CT molecular complexity index is 960. The molecule has 1 atom stereocenters. The Morgan fingerprint density at radius 3 is 2.87 bits per heavy atom. The molecule has 9 heteroatoms. The second-order valence-electron chi connectivity index (χ2n) is 7.61. The zero-order chi connectivity index (χ0) is 21.4. The van der Waals surface area contributed by atoms with Crippen molar-refractivity contribution in [3.63, 3.8) is 0 Å². The van der Waals surface area contributed by atoms with Crippen LogP contribution >= 0.6 is 11.5 Å². The van der Waals surface area contributed by atoms with E-state index in [4.69, 9.17) is 9.47 Å². The van der Waals surface area contributed by atoms with E-state index in [0.29, 0.717) is 12.7 Å². The van der Waals surface area contributed by atoms with Crippen LogP contribution in [-0.2, 0) is 16.0 Å². The number of imidazole rings is 1. The van der Waals surface area contributed by atoms with Crippen LogP contribution in [0.2, 0.25) is 0 Å². The van der Waals surface area contributed by atoms with Gasteiger partial charge in [-0.2, -0.15) is 9.36 Å². The zero-order valence-electron chi connectivity index (χ0n) is 17.7. The quantitative estimate of drug-likeness (QED) is 0.439. The summed E-state index contributed by atoms with van der Waals surface area (Å²) in [4.78, 5) is 8.61. The van der Waals surface area contributed by atoms with Gasteiger partial charge in [0.25, 0.3) is 0 Å². The number of anilines is 1. The summed E-state index contributed by atoms with van der Waals surface area (Å²) < 4.78 is 17.2. The first kappa shape index (κ1) is 21.3. The van der Waals surface area contributed by atoms with E-state index in [1.54, 1.807) is 23.4 Å². The predicted octanol–water partition coefficient (Wildman–Crippen LogP) is 4.09. The van der Waals surface area contributed by atoms with E-state index < -0.39 is 0 Å². The molecule has 8 nitrogen and oxygen atoms in total. The topological polar surface area (TPSA) is 86.1 Å². The first-order valence-electron chi connectivity index (χ1n) is 10.5. The Morgan fingerprint density at radius 1 is 1.23 bits per heavy atom. The van der Waals surface area contributed by atoms with Crippen molar-refractivity contribution in [3.05, 3.63) is 66.6 Å². The molecule has 0 saturated heterocycles. The lowest BCUT2D eigenvalue weighted by Crippen LogP contribution is -2.46. The van der Waals surface area contributed by atoms with Crippen LogP contribution in [0.15, 0.2) is 61.1 Å². The van der Waals surface area contributed by atoms with Gasteiger partial charge in [-0.25, -0.2) is 4.98 Å². The maximum absolute atomic E-state index is 5.67. The van der Waals surface area contributed by atoms with Gasteiger partial charge in [0, 0.05) is 49.0 Å². The van der Waals surface area contributed by atoms with Crippen molar-refractivity contribution in [1.82, 2.24) is 24.2 Å². The summed E-state index contributed by atoms with van der Waals surface area (Å²) in [5, 5.41) is 8.08. The normalized spacial score (nSPS) is 15.1. The van der Waals surface area contributed by atoms with E-state index in [9.17, 15) is 0 Å². The largest absolute Gasteiger partial charge is 0.462 e. The highest BCUT2D eigenvalue weighted by Gasteiger charge is 2.31. The Hall–Kier alpha value is -2.91. The second kappa shape index (κ2) is 10.4. The molecule has 1 unspecified atom stereocenters. The highest BCUT2D eigenvalue weighted by molar-refractivity contribution is 7.09. The molecule has 1 aliphatic heterocycles. The van der Waals surface area contributed by atoms with Gasteiger partial charge in [-0.3, -0.25) is 4.57 Å². The molecule has 0 bridgehead atoms. The van der Waals surface area contributed by atoms with E-state index in [0.717, 1.165) is 49.7 Å². The van der Waals surface area contributed by atoms with Crippen molar-refractivity contribution in [2.75, 3.05) is 18.7 Å². The van der Waals surface area contributed by atoms with Crippen LogP contribution in [-0.4, -0.2) is 37.8 Å². The molecule has 4 rings (SSSR count). The van der Waals surface area contributed by atoms with Crippen molar-refractivity contribution in [2.24, 2.45) is 0 Å². The molecule has 0 saturated carbocycles. The summed E-state index contributed by atoms with van der Waals surface area (Å²) >= 11 is 1.36. The number of aromatic nitrogens is 4. The molecule has 2 aromatic heterocycles. The minimum Gasteiger partial charge on any atom is -0.462 e. The molecule has 3 heterocycles. The van der Waals surface area contributed by atoms with Crippen LogP contribution in [0.4, 0.5) is 5.13 Å². The summed E-state index contributed by atoms with van der Waals surface area (Å²) in [6.07, 6.45) is 10.8. The molecule has 1 aromatic carbocycles. The Morgan fingerprint density at radius 2 is 2.13 bits per heavy atom. The maximum Gasteiger partial charge on any atom is 0.248 e. The summed E-state index contributed by atoms with van der Waals surface area (Å²) in [5.41, 5.74) is 1.15. The number of rotatable bonds is 12. The van der Waals surface area contributed by atoms with Gasteiger partial charge in [0.15, 0.2) is 0 Å². The third-order valence-corrected chi connectivity index (χ3v) is 5.97. The monoisotopic (exact) mass is 440 g/mol. The highest BCUT2D eigenvalue weighted by atomic mass is 32.1. The molecule has 0 fully saturated rings. The lowest BCUT2D eigenvalue weighted by atomic mass is 9.85.